The van der Waals surface area contributed by atoms with Crippen LogP contribution >= 0.6 is 11.6 Å². The molecule has 0 saturated heterocycles. The standard InChI is InChI=1S/C19H19ClN4O2/c20-16-5-3-4-14-10-23(11-15(14)16)8-9-24-12-17(21-13-24)19(18(25)26)6-1-2-7-22-19/h1-7,12-13,22H,8-11H2,(H,25,26). The molecule has 2 aliphatic rings. The highest BCUT2D eigenvalue weighted by atomic mass is 35.5. The zero-order valence-corrected chi connectivity index (χ0v) is 14.9. The Morgan fingerprint density at radius 3 is 2.92 bits per heavy atom. The van der Waals surface area contributed by atoms with Crippen LogP contribution in [0.1, 0.15) is 16.8 Å². The third-order valence-corrected chi connectivity index (χ3v) is 5.26. The minimum Gasteiger partial charge on any atom is -0.479 e. The number of carboxylic acids is 1. The molecule has 1 atom stereocenters. The Kier molecular flexibility index (Phi) is 4.30. The van der Waals surface area contributed by atoms with Crippen molar-refractivity contribution in [1.82, 2.24) is 19.8 Å². The number of hydrogen-bond acceptors (Lipinski definition) is 4. The number of benzene rings is 1. The average Bonchev–Trinajstić information content (AvgIpc) is 3.28. The highest BCUT2D eigenvalue weighted by molar-refractivity contribution is 6.31. The van der Waals surface area contributed by atoms with Gasteiger partial charge in [0, 0.05) is 37.4 Å². The fraction of sp³-hybridized carbons (Fsp3) is 0.263. The Hall–Kier alpha value is -2.57. The zero-order valence-electron chi connectivity index (χ0n) is 14.1. The number of dihydropyridines is 1. The number of rotatable bonds is 5. The number of imidazole rings is 1. The summed E-state index contributed by atoms with van der Waals surface area (Å²) in [5.74, 6) is -0.979. The van der Waals surface area contributed by atoms with Crippen molar-refractivity contribution in [3.8, 4) is 0 Å². The van der Waals surface area contributed by atoms with E-state index in [1.807, 2.05) is 16.7 Å². The van der Waals surface area contributed by atoms with Crippen LogP contribution in [0.5, 0.6) is 0 Å². The molecule has 26 heavy (non-hydrogen) atoms. The Morgan fingerprint density at radius 1 is 1.31 bits per heavy atom. The summed E-state index contributed by atoms with van der Waals surface area (Å²) in [5.41, 5.74) is 1.64. The maximum absolute atomic E-state index is 11.8. The number of hydrogen-bond donors (Lipinski definition) is 2. The molecular weight excluding hydrogens is 352 g/mol. The predicted molar refractivity (Wildman–Crippen MR) is 98.5 cm³/mol. The van der Waals surface area contributed by atoms with Crippen LogP contribution in [-0.4, -0.2) is 32.1 Å². The van der Waals surface area contributed by atoms with Gasteiger partial charge in [-0.15, -0.1) is 0 Å². The van der Waals surface area contributed by atoms with Crippen molar-refractivity contribution in [2.75, 3.05) is 6.54 Å². The van der Waals surface area contributed by atoms with Crippen molar-refractivity contribution in [3.63, 3.8) is 0 Å². The van der Waals surface area contributed by atoms with Crippen LogP contribution in [0.3, 0.4) is 0 Å². The third kappa shape index (κ3) is 2.91. The first-order valence-corrected chi connectivity index (χ1v) is 8.82. The van der Waals surface area contributed by atoms with Gasteiger partial charge in [-0.3, -0.25) is 4.90 Å². The van der Waals surface area contributed by atoms with E-state index >= 15 is 0 Å². The van der Waals surface area contributed by atoms with Gasteiger partial charge in [-0.1, -0.05) is 29.8 Å². The van der Waals surface area contributed by atoms with Gasteiger partial charge in [0.15, 0.2) is 5.54 Å². The molecule has 6 nitrogen and oxygen atoms in total. The normalized spacial score (nSPS) is 21.6. The Morgan fingerprint density at radius 2 is 2.19 bits per heavy atom. The van der Waals surface area contributed by atoms with Gasteiger partial charge in [-0.05, 0) is 35.5 Å². The molecular formula is C19H19ClN4O2. The van der Waals surface area contributed by atoms with Crippen LogP contribution in [0.25, 0.3) is 0 Å². The topological polar surface area (TPSA) is 70.4 Å². The van der Waals surface area contributed by atoms with Crippen molar-refractivity contribution in [3.05, 3.63) is 77.0 Å². The molecule has 4 rings (SSSR count). The Balaban J connectivity index is 1.44. The van der Waals surface area contributed by atoms with E-state index < -0.39 is 11.5 Å². The minimum absolute atomic E-state index is 0.471. The molecule has 0 aliphatic carbocycles. The van der Waals surface area contributed by atoms with Gasteiger partial charge in [0.05, 0.1) is 12.0 Å². The smallest absolute Gasteiger partial charge is 0.339 e. The van der Waals surface area contributed by atoms with Crippen LogP contribution in [-0.2, 0) is 30.0 Å². The van der Waals surface area contributed by atoms with Gasteiger partial charge >= 0.3 is 5.97 Å². The fourth-order valence-corrected chi connectivity index (χ4v) is 3.69. The lowest BCUT2D eigenvalue weighted by Gasteiger charge is -2.26. The van der Waals surface area contributed by atoms with Gasteiger partial charge in [-0.2, -0.15) is 0 Å². The second-order valence-electron chi connectivity index (χ2n) is 6.56. The van der Waals surface area contributed by atoms with Crippen LogP contribution in [0, 0.1) is 0 Å². The van der Waals surface area contributed by atoms with Crippen molar-refractivity contribution < 1.29 is 9.90 Å². The Bertz CT molecular complexity index is 905. The van der Waals surface area contributed by atoms with Crippen LogP contribution in [0.4, 0.5) is 0 Å². The number of allylic oxidation sites excluding steroid dienone is 2. The number of carboxylic acid groups (broad SMARTS) is 1. The van der Waals surface area contributed by atoms with E-state index in [0.717, 1.165) is 31.2 Å². The van der Waals surface area contributed by atoms with Crippen molar-refractivity contribution >= 4 is 17.6 Å². The van der Waals surface area contributed by atoms with Crippen molar-refractivity contribution in [2.45, 2.75) is 25.2 Å². The second-order valence-corrected chi connectivity index (χ2v) is 6.97. The highest BCUT2D eigenvalue weighted by Gasteiger charge is 2.40. The lowest BCUT2D eigenvalue weighted by molar-refractivity contribution is -0.142. The van der Waals surface area contributed by atoms with E-state index in [1.165, 1.54) is 11.1 Å². The molecule has 1 aromatic carbocycles. The summed E-state index contributed by atoms with van der Waals surface area (Å²) < 4.78 is 1.93. The molecule has 0 radical (unpaired) electrons. The van der Waals surface area contributed by atoms with Gasteiger partial charge in [0.1, 0.15) is 0 Å². The molecule has 2 aliphatic heterocycles. The lowest BCUT2D eigenvalue weighted by Crippen LogP contribution is -2.46. The van der Waals surface area contributed by atoms with Gasteiger partial charge in [0.25, 0.3) is 0 Å². The molecule has 134 valence electrons. The van der Waals surface area contributed by atoms with Crippen LogP contribution < -0.4 is 5.32 Å². The molecule has 1 aromatic heterocycles. The number of fused-ring (bicyclic) bond motifs is 1. The predicted octanol–water partition coefficient (Wildman–Crippen LogP) is 2.51. The van der Waals surface area contributed by atoms with Crippen molar-refractivity contribution in [1.29, 1.82) is 0 Å². The van der Waals surface area contributed by atoms with E-state index in [-0.39, 0.29) is 0 Å². The van der Waals surface area contributed by atoms with E-state index in [0.29, 0.717) is 5.69 Å². The van der Waals surface area contributed by atoms with E-state index in [9.17, 15) is 9.90 Å². The highest BCUT2D eigenvalue weighted by Crippen LogP contribution is 2.29. The summed E-state index contributed by atoms with van der Waals surface area (Å²) in [6, 6.07) is 6.02. The molecule has 0 bridgehead atoms. The molecule has 2 aromatic rings. The summed E-state index contributed by atoms with van der Waals surface area (Å²) in [5, 5.41) is 13.4. The van der Waals surface area contributed by atoms with Gasteiger partial charge < -0.3 is 15.0 Å². The molecule has 0 spiro atoms. The summed E-state index contributed by atoms with van der Waals surface area (Å²) in [7, 11) is 0. The van der Waals surface area contributed by atoms with Crippen LogP contribution in [0.2, 0.25) is 5.02 Å². The number of carbonyl (C=O) groups is 1. The van der Waals surface area contributed by atoms with Gasteiger partial charge in [0.2, 0.25) is 0 Å². The SMILES string of the molecule is O=C(O)C1(c2cn(CCN3Cc4cccc(Cl)c4C3)cn2)C=CC=CN1. The average molecular weight is 371 g/mol. The number of nitrogens with zero attached hydrogens (tertiary/aromatic N) is 3. The molecule has 0 saturated carbocycles. The lowest BCUT2D eigenvalue weighted by atomic mass is 9.94. The maximum atomic E-state index is 11.8. The fourth-order valence-electron chi connectivity index (χ4n) is 3.43. The number of aromatic nitrogens is 2. The Labute approximate surface area is 156 Å². The molecule has 0 amide bonds. The third-order valence-electron chi connectivity index (χ3n) is 4.91. The number of halogens is 1. The monoisotopic (exact) mass is 370 g/mol. The molecule has 1 unspecified atom stereocenters. The van der Waals surface area contributed by atoms with Crippen LogP contribution in [0.15, 0.2) is 55.2 Å². The second kappa shape index (κ2) is 6.63. The quantitative estimate of drug-likeness (QED) is 0.846. The molecule has 7 heteroatoms. The number of nitrogens with one attached hydrogen (secondary N) is 1. The summed E-state index contributed by atoms with van der Waals surface area (Å²) in [6.45, 7) is 3.29. The van der Waals surface area contributed by atoms with Crippen molar-refractivity contribution in [2.24, 2.45) is 0 Å². The molecule has 3 heterocycles. The first kappa shape index (κ1) is 16.9. The maximum Gasteiger partial charge on any atom is 0.339 e. The van der Waals surface area contributed by atoms with Gasteiger partial charge in [-0.25, -0.2) is 9.78 Å². The van der Waals surface area contributed by atoms with E-state index in [4.69, 9.17) is 11.6 Å². The summed E-state index contributed by atoms with van der Waals surface area (Å²) in [6.07, 6.45) is 10.2. The summed E-state index contributed by atoms with van der Waals surface area (Å²) >= 11 is 6.27. The number of aliphatic carboxylic acids is 1. The van der Waals surface area contributed by atoms with E-state index in [2.05, 4.69) is 21.3 Å². The van der Waals surface area contributed by atoms with E-state index in [1.54, 1.807) is 37.0 Å². The first-order chi connectivity index (χ1) is 12.6. The minimum atomic E-state index is -1.31. The summed E-state index contributed by atoms with van der Waals surface area (Å²) in [4.78, 5) is 18.4. The largest absolute Gasteiger partial charge is 0.479 e. The zero-order chi connectivity index (χ0) is 18.1. The molecule has 2 N–H and O–H groups in total. The molecule has 0 fully saturated rings. The first-order valence-electron chi connectivity index (χ1n) is 8.45.